The molecule has 1 amide bonds. The summed E-state index contributed by atoms with van der Waals surface area (Å²) in [5.41, 5.74) is 4.32. The van der Waals surface area contributed by atoms with E-state index in [2.05, 4.69) is 32.6 Å². The van der Waals surface area contributed by atoms with Crippen LogP contribution in [0.3, 0.4) is 0 Å². The Morgan fingerprint density at radius 1 is 1.30 bits per heavy atom. The van der Waals surface area contributed by atoms with Gasteiger partial charge in [-0.1, -0.05) is 19.1 Å². The maximum atomic E-state index is 12.8. The SMILES string of the molecule is CCc1cn[nH]c1C1CCCN(C(=O)Cc2ccc(-n3cnnn3)cc2)C1. The Labute approximate surface area is 157 Å². The molecule has 0 radical (unpaired) electrons. The molecule has 140 valence electrons. The highest BCUT2D eigenvalue weighted by molar-refractivity contribution is 5.79. The molecule has 1 atom stereocenters. The summed E-state index contributed by atoms with van der Waals surface area (Å²) in [4.78, 5) is 14.8. The van der Waals surface area contributed by atoms with Gasteiger partial charge in [-0.05, 0) is 52.9 Å². The van der Waals surface area contributed by atoms with Gasteiger partial charge in [0.05, 0.1) is 18.3 Å². The highest BCUT2D eigenvalue weighted by Gasteiger charge is 2.27. The molecule has 0 spiro atoms. The Bertz CT molecular complexity index is 885. The summed E-state index contributed by atoms with van der Waals surface area (Å²) >= 11 is 0. The fraction of sp³-hybridized carbons (Fsp3) is 0.421. The normalized spacial score (nSPS) is 17.2. The first-order chi connectivity index (χ1) is 13.2. The van der Waals surface area contributed by atoms with Crippen LogP contribution in [0, 0.1) is 0 Å². The summed E-state index contributed by atoms with van der Waals surface area (Å²) in [6.45, 7) is 3.73. The van der Waals surface area contributed by atoms with Gasteiger partial charge in [0.25, 0.3) is 0 Å². The Kier molecular flexibility index (Phi) is 4.95. The van der Waals surface area contributed by atoms with E-state index in [-0.39, 0.29) is 5.91 Å². The number of tetrazole rings is 1. The smallest absolute Gasteiger partial charge is 0.227 e. The molecule has 1 aliphatic rings. The Balaban J connectivity index is 1.40. The molecule has 2 aromatic heterocycles. The second-order valence-corrected chi connectivity index (χ2v) is 6.94. The second kappa shape index (κ2) is 7.69. The number of likely N-dealkylation sites (tertiary alicyclic amines) is 1. The van der Waals surface area contributed by atoms with Gasteiger partial charge in [-0.3, -0.25) is 9.89 Å². The van der Waals surface area contributed by atoms with E-state index in [0.717, 1.165) is 43.6 Å². The predicted molar refractivity (Wildman–Crippen MR) is 99.4 cm³/mol. The van der Waals surface area contributed by atoms with Crippen molar-refractivity contribution in [3.8, 4) is 5.69 Å². The van der Waals surface area contributed by atoms with E-state index in [9.17, 15) is 4.79 Å². The topological polar surface area (TPSA) is 92.6 Å². The maximum Gasteiger partial charge on any atom is 0.227 e. The summed E-state index contributed by atoms with van der Waals surface area (Å²) in [5, 5.41) is 18.5. The first-order valence-electron chi connectivity index (χ1n) is 9.36. The van der Waals surface area contributed by atoms with Gasteiger partial charge >= 0.3 is 0 Å². The summed E-state index contributed by atoms with van der Waals surface area (Å²) in [6, 6.07) is 7.77. The van der Waals surface area contributed by atoms with Crippen LogP contribution in [0.15, 0.2) is 36.8 Å². The lowest BCUT2D eigenvalue weighted by atomic mass is 9.91. The summed E-state index contributed by atoms with van der Waals surface area (Å²) in [5.74, 6) is 0.523. The number of carbonyl (C=O) groups is 1. The van der Waals surface area contributed by atoms with Crippen molar-refractivity contribution in [1.29, 1.82) is 0 Å². The van der Waals surface area contributed by atoms with E-state index < -0.39 is 0 Å². The third-order valence-corrected chi connectivity index (χ3v) is 5.22. The predicted octanol–water partition coefficient (Wildman–Crippen LogP) is 1.90. The molecular formula is C19H23N7O. The summed E-state index contributed by atoms with van der Waals surface area (Å²) < 4.78 is 1.59. The zero-order chi connectivity index (χ0) is 18.6. The van der Waals surface area contributed by atoms with Gasteiger partial charge in [0.1, 0.15) is 6.33 Å². The van der Waals surface area contributed by atoms with E-state index >= 15 is 0 Å². The number of amides is 1. The molecule has 8 nitrogen and oxygen atoms in total. The number of hydrogen-bond acceptors (Lipinski definition) is 5. The van der Waals surface area contributed by atoms with Gasteiger partial charge in [-0.15, -0.1) is 5.10 Å². The number of piperidine rings is 1. The van der Waals surface area contributed by atoms with E-state index in [4.69, 9.17) is 0 Å². The fourth-order valence-corrected chi connectivity index (χ4v) is 3.73. The number of benzene rings is 1. The molecule has 1 aliphatic heterocycles. The Morgan fingerprint density at radius 3 is 2.89 bits per heavy atom. The summed E-state index contributed by atoms with van der Waals surface area (Å²) in [7, 11) is 0. The van der Waals surface area contributed by atoms with Gasteiger partial charge in [-0.25, -0.2) is 4.68 Å². The number of nitrogens with zero attached hydrogens (tertiary/aromatic N) is 6. The molecule has 1 unspecified atom stereocenters. The van der Waals surface area contributed by atoms with Crippen molar-refractivity contribution >= 4 is 5.91 Å². The van der Waals surface area contributed by atoms with Gasteiger partial charge in [-0.2, -0.15) is 5.10 Å². The first kappa shape index (κ1) is 17.4. The summed E-state index contributed by atoms with van der Waals surface area (Å²) in [6.07, 6.45) is 6.95. The highest BCUT2D eigenvalue weighted by Crippen LogP contribution is 2.28. The van der Waals surface area contributed by atoms with Crippen molar-refractivity contribution in [2.45, 2.75) is 38.5 Å². The lowest BCUT2D eigenvalue weighted by Crippen LogP contribution is -2.40. The largest absolute Gasteiger partial charge is 0.342 e. The third kappa shape index (κ3) is 3.74. The standard InChI is InChI=1S/C19H23N7O/c1-2-15-11-20-22-19(15)16-4-3-9-25(12-16)18(27)10-14-5-7-17(8-6-14)26-13-21-23-24-26/h5-8,11,13,16H,2-4,9-10,12H2,1H3,(H,20,22). The number of aromatic nitrogens is 6. The molecule has 27 heavy (non-hydrogen) atoms. The second-order valence-electron chi connectivity index (χ2n) is 6.94. The van der Waals surface area contributed by atoms with Gasteiger partial charge in [0, 0.05) is 24.7 Å². The molecule has 0 bridgehead atoms. The molecule has 1 saturated heterocycles. The number of aromatic amines is 1. The fourth-order valence-electron chi connectivity index (χ4n) is 3.73. The van der Waals surface area contributed by atoms with Crippen molar-refractivity contribution in [3.63, 3.8) is 0 Å². The molecular weight excluding hydrogens is 342 g/mol. The molecule has 1 N–H and O–H groups in total. The van der Waals surface area contributed by atoms with E-state index in [1.807, 2.05) is 35.4 Å². The zero-order valence-electron chi connectivity index (χ0n) is 15.4. The molecule has 1 fully saturated rings. The molecule has 8 heteroatoms. The maximum absolute atomic E-state index is 12.8. The van der Waals surface area contributed by atoms with E-state index in [1.54, 1.807) is 11.0 Å². The monoisotopic (exact) mass is 365 g/mol. The molecule has 3 heterocycles. The molecule has 0 aliphatic carbocycles. The Hall–Kier alpha value is -3.03. The van der Waals surface area contributed by atoms with Crippen LogP contribution in [0.25, 0.3) is 5.69 Å². The van der Waals surface area contributed by atoms with Gasteiger partial charge in [0.2, 0.25) is 5.91 Å². The van der Waals surface area contributed by atoms with Crippen LogP contribution in [0.2, 0.25) is 0 Å². The molecule has 4 rings (SSSR count). The Morgan fingerprint density at radius 2 is 2.15 bits per heavy atom. The lowest BCUT2D eigenvalue weighted by molar-refractivity contribution is -0.131. The first-order valence-corrected chi connectivity index (χ1v) is 9.36. The van der Waals surface area contributed by atoms with E-state index in [1.165, 1.54) is 11.3 Å². The van der Waals surface area contributed by atoms with Crippen molar-refractivity contribution in [2.75, 3.05) is 13.1 Å². The van der Waals surface area contributed by atoms with Crippen molar-refractivity contribution in [3.05, 3.63) is 53.6 Å². The number of H-pyrrole nitrogens is 1. The number of aryl methyl sites for hydroxylation is 1. The minimum Gasteiger partial charge on any atom is -0.342 e. The van der Waals surface area contributed by atoms with Crippen LogP contribution in [0.1, 0.15) is 42.5 Å². The van der Waals surface area contributed by atoms with Crippen LogP contribution < -0.4 is 0 Å². The number of hydrogen-bond donors (Lipinski definition) is 1. The minimum absolute atomic E-state index is 0.174. The van der Waals surface area contributed by atoms with Crippen LogP contribution in [0.4, 0.5) is 0 Å². The van der Waals surface area contributed by atoms with Crippen LogP contribution in [0.5, 0.6) is 0 Å². The van der Waals surface area contributed by atoms with Crippen molar-refractivity contribution < 1.29 is 4.79 Å². The number of carbonyl (C=O) groups excluding carboxylic acids is 1. The third-order valence-electron chi connectivity index (χ3n) is 5.22. The lowest BCUT2D eigenvalue weighted by Gasteiger charge is -2.33. The average molecular weight is 365 g/mol. The molecule has 3 aromatic rings. The number of rotatable bonds is 5. The zero-order valence-corrected chi connectivity index (χ0v) is 15.4. The average Bonchev–Trinajstić information content (AvgIpc) is 3.40. The van der Waals surface area contributed by atoms with Crippen molar-refractivity contribution in [2.24, 2.45) is 0 Å². The minimum atomic E-state index is 0.174. The van der Waals surface area contributed by atoms with Crippen LogP contribution in [-0.4, -0.2) is 54.3 Å². The molecule has 1 aromatic carbocycles. The van der Waals surface area contributed by atoms with Crippen LogP contribution >= 0.6 is 0 Å². The number of nitrogens with one attached hydrogen (secondary N) is 1. The highest BCUT2D eigenvalue weighted by atomic mass is 16.2. The van der Waals surface area contributed by atoms with E-state index in [0.29, 0.717) is 12.3 Å². The molecule has 0 saturated carbocycles. The van der Waals surface area contributed by atoms with Crippen LogP contribution in [-0.2, 0) is 17.6 Å². The quantitative estimate of drug-likeness (QED) is 0.745. The van der Waals surface area contributed by atoms with Gasteiger partial charge in [0.15, 0.2) is 0 Å². The van der Waals surface area contributed by atoms with Crippen molar-refractivity contribution in [1.82, 2.24) is 35.3 Å². The van der Waals surface area contributed by atoms with Gasteiger partial charge < -0.3 is 4.90 Å².